The third kappa shape index (κ3) is 4.71. The van der Waals surface area contributed by atoms with Crippen LogP contribution < -0.4 is 14.9 Å². The Labute approximate surface area is 131 Å². The molecule has 2 rings (SSSR count). The number of hydrogen-bond acceptors (Lipinski definition) is 4. The number of sulfonamides is 1. The van der Waals surface area contributed by atoms with Crippen LogP contribution in [0.4, 0.5) is 5.69 Å². The molecule has 0 bridgehead atoms. The maximum atomic E-state index is 11.7. The van der Waals surface area contributed by atoms with Crippen molar-refractivity contribution in [1.82, 2.24) is 10.0 Å². The molecule has 0 saturated carbocycles. The minimum atomic E-state index is -3.24. The first-order chi connectivity index (χ1) is 10.4. The first kappa shape index (κ1) is 16.8. The number of nitrogens with one attached hydrogen (secondary N) is 2. The van der Waals surface area contributed by atoms with Gasteiger partial charge in [-0.3, -0.25) is 4.79 Å². The van der Waals surface area contributed by atoms with Gasteiger partial charge < -0.3 is 10.2 Å². The van der Waals surface area contributed by atoms with Gasteiger partial charge in [0, 0.05) is 37.8 Å². The van der Waals surface area contributed by atoms with E-state index in [2.05, 4.69) is 34.0 Å². The summed E-state index contributed by atoms with van der Waals surface area (Å²) in [5, 5.41) is 2.86. The highest BCUT2D eigenvalue weighted by Crippen LogP contribution is 2.28. The molecule has 0 aromatic heterocycles. The van der Waals surface area contributed by atoms with Gasteiger partial charge in [0.25, 0.3) is 0 Å². The lowest BCUT2D eigenvalue weighted by molar-refractivity contribution is -0.120. The fourth-order valence-electron chi connectivity index (χ4n) is 2.63. The summed E-state index contributed by atoms with van der Waals surface area (Å²) in [6.45, 7) is 3.72. The SMILES string of the molecule is C[C@@H](CNC(=O)CCNS(C)(=O)=O)N1CCc2ccccc21. The predicted molar refractivity (Wildman–Crippen MR) is 87.4 cm³/mol. The highest BCUT2D eigenvalue weighted by atomic mass is 32.2. The van der Waals surface area contributed by atoms with Crippen LogP contribution in [-0.4, -0.2) is 46.3 Å². The van der Waals surface area contributed by atoms with Gasteiger partial charge in [-0.2, -0.15) is 0 Å². The first-order valence-electron chi connectivity index (χ1n) is 7.43. The zero-order chi connectivity index (χ0) is 16.2. The molecule has 0 unspecified atom stereocenters. The fraction of sp³-hybridized carbons (Fsp3) is 0.533. The van der Waals surface area contributed by atoms with E-state index in [0.29, 0.717) is 6.54 Å². The van der Waals surface area contributed by atoms with Gasteiger partial charge in [-0.15, -0.1) is 0 Å². The molecule has 22 heavy (non-hydrogen) atoms. The number of carbonyl (C=O) groups is 1. The average molecular weight is 325 g/mol. The van der Waals surface area contributed by atoms with Gasteiger partial charge >= 0.3 is 0 Å². The molecular formula is C15H23N3O3S. The lowest BCUT2D eigenvalue weighted by Gasteiger charge is -2.27. The van der Waals surface area contributed by atoms with Crippen LogP contribution >= 0.6 is 0 Å². The molecule has 1 aromatic carbocycles. The van der Waals surface area contributed by atoms with Crippen LogP contribution in [0.5, 0.6) is 0 Å². The fourth-order valence-corrected chi connectivity index (χ4v) is 3.10. The van der Waals surface area contributed by atoms with Gasteiger partial charge in [0.1, 0.15) is 0 Å². The van der Waals surface area contributed by atoms with Crippen molar-refractivity contribution in [3.05, 3.63) is 29.8 Å². The maximum Gasteiger partial charge on any atom is 0.221 e. The largest absolute Gasteiger partial charge is 0.366 e. The highest BCUT2D eigenvalue weighted by Gasteiger charge is 2.22. The number of para-hydroxylation sites is 1. The van der Waals surface area contributed by atoms with E-state index < -0.39 is 10.0 Å². The molecule has 1 aromatic rings. The lowest BCUT2D eigenvalue weighted by atomic mass is 10.2. The summed E-state index contributed by atoms with van der Waals surface area (Å²) in [6, 6.07) is 8.52. The zero-order valence-corrected chi connectivity index (χ0v) is 13.8. The Morgan fingerprint density at radius 2 is 2.09 bits per heavy atom. The molecule has 122 valence electrons. The second-order valence-electron chi connectivity index (χ2n) is 5.64. The molecule has 1 atom stereocenters. The number of nitrogens with zero attached hydrogens (tertiary/aromatic N) is 1. The number of carbonyl (C=O) groups excluding carboxylic acids is 1. The van der Waals surface area contributed by atoms with E-state index in [0.717, 1.165) is 19.2 Å². The number of benzene rings is 1. The van der Waals surface area contributed by atoms with Crippen LogP contribution in [0.3, 0.4) is 0 Å². The van der Waals surface area contributed by atoms with E-state index in [9.17, 15) is 13.2 Å². The molecular weight excluding hydrogens is 302 g/mol. The molecule has 0 aliphatic carbocycles. The van der Waals surface area contributed by atoms with Crippen molar-refractivity contribution in [3.63, 3.8) is 0 Å². The normalized spacial score (nSPS) is 15.5. The molecule has 1 amide bonds. The van der Waals surface area contributed by atoms with Gasteiger partial charge in [-0.05, 0) is 25.0 Å². The van der Waals surface area contributed by atoms with Crippen molar-refractivity contribution in [2.24, 2.45) is 0 Å². The molecule has 0 fully saturated rings. The van der Waals surface area contributed by atoms with E-state index in [4.69, 9.17) is 0 Å². The van der Waals surface area contributed by atoms with Crippen LogP contribution in [-0.2, 0) is 21.2 Å². The maximum absolute atomic E-state index is 11.7. The highest BCUT2D eigenvalue weighted by molar-refractivity contribution is 7.88. The Balaban J connectivity index is 1.76. The summed E-state index contributed by atoms with van der Waals surface area (Å²) in [4.78, 5) is 14.0. The third-order valence-electron chi connectivity index (χ3n) is 3.77. The monoisotopic (exact) mass is 325 g/mol. The van der Waals surface area contributed by atoms with Crippen LogP contribution in [0.15, 0.2) is 24.3 Å². The second-order valence-corrected chi connectivity index (χ2v) is 7.47. The molecule has 0 saturated heterocycles. The standard InChI is InChI=1S/C15H23N3O3S/c1-12(11-16-15(19)7-9-17-22(2,20)21)18-10-8-13-5-3-4-6-14(13)18/h3-6,12,17H,7-11H2,1-2H3,(H,16,19)/t12-/m0/s1. The van der Waals surface area contributed by atoms with Gasteiger partial charge in [-0.1, -0.05) is 18.2 Å². The molecule has 1 aliphatic heterocycles. The second kappa shape index (κ2) is 7.11. The summed E-state index contributed by atoms with van der Waals surface area (Å²) in [5.41, 5.74) is 2.58. The Morgan fingerprint density at radius 1 is 1.36 bits per heavy atom. The lowest BCUT2D eigenvalue weighted by Crippen LogP contribution is -2.42. The van der Waals surface area contributed by atoms with Crippen molar-refractivity contribution in [3.8, 4) is 0 Å². The number of amides is 1. The summed E-state index contributed by atoms with van der Waals surface area (Å²) in [7, 11) is -3.24. The van der Waals surface area contributed by atoms with Gasteiger partial charge in [0.2, 0.25) is 15.9 Å². The molecule has 6 nitrogen and oxygen atoms in total. The summed E-state index contributed by atoms with van der Waals surface area (Å²) >= 11 is 0. The minimum Gasteiger partial charge on any atom is -0.366 e. The molecule has 1 heterocycles. The van der Waals surface area contributed by atoms with E-state index in [1.54, 1.807) is 0 Å². The first-order valence-corrected chi connectivity index (χ1v) is 9.32. The predicted octanol–water partition coefficient (Wildman–Crippen LogP) is 0.493. The van der Waals surface area contributed by atoms with E-state index in [1.165, 1.54) is 11.3 Å². The quantitative estimate of drug-likeness (QED) is 0.765. The molecule has 1 aliphatic rings. The van der Waals surface area contributed by atoms with Gasteiger partial charge in [0.15, 0.2) is 0 Å². The van der Waals surface area contributed by atoms with E-state index in [-0.39, 0.29) is 24.9 Å². The topological polar surface area (TPSA) is 78.5 Å². The van der Waals surface area contributed by atoms with Crippen molar-refractivity contribution >= 4 is 21.6 Å². The van der Waals surface area contributed by atoms with Gasteiger partial charge in [-0.25, -0.2) is 13.1 Å². The van der Waals surface area contributed by atoms with Crippen molar-refractivity contribution < 1.29 is 13.2 Å². The van der Waals surface area contributed by atoms with Crippen molar-refractivity contribution in [2.45, 2.75) is 25.8 Å². The molecule has 0 spiro atoms. The Kier molecular flexibility index (Phi) is 5.42. The van der Waals surface area contributed by atoms with Crippen LogP contribution in [0.1, 0.15) is 18.9 Å². The van der Waals surface area contributed by atoms with Crippen molar-refractivity contribution in [2.75, 3.05) is 30.8 Å². The average Bonchev–Trinajstić information content (AvgIpc) is 2.87. The molecule has 2 N–H and O–H groups in total. The number of anilines is 1. The smallest absolute Gasteiger partial charge is 0.221 e. The van der Waals surface area contributed by atoms with E-state index in [1.807, 2.05) is 12.1 Å². The summed E-state index contributed by atoms with van der Waals surface area (Å²) in [5.74, 6) is -0.143. The van der Waals surface area contributed by atoms with E-state index >= 15 is 0 Å². The minimum absolute atomic E-state index is 0.131. The molecule has 7 heteroatoms. The third-order valence-corrected chi connectivity index (χ3v) is 4.49. The van der Waals surface area contributed by atoms with Crippen molar-refractivity contribution in [1.29, 1.82) is 0 Å². The summed E-state index contributed by atoms with van der Waals surface area (Å²) in [6.07, 6.45) is 2.26. The number of fused-ring (bicyclic) bond motifs is 1. The number of rotatable bonds is 7. The Bertz CT molecular complexity index is 631. The Morgan fingerprint density at radius 3 is 2.82 bits per heavy atom. The van der Waals surface area contributed by atoms with Crippen LogP contribution in [0.2, 0.25) is 0 Å². The zero-order valence-electron chi connectivity index (χ0n) is 13.0. The summed E-state index contributed by atoms with van der Waals surface area (Å²) < 4.78 is 24.1. The molecule has 0 radical (unpaired) electrons. The van der Waals surface area contributed by atoms with Crippen LogP contribution in [0, 0.1) is 0 Å². The number of hydrogen-bond donors (Lipinski definition) is 2. The Hall–Kier alpha value is -1.60. The van der Waals surface area contributed by atoms with Crippen LogP contribution in [0.25, 0.3) is 0 Å². The van der Waals surface area contributed by atoms with Gasteiger partial charge in [0.05, 0.1) is 6.26 Å².